The van der Waals surface area contributed by atoms with Gasteiger partial charge in [-0.15, -0.1) is 0 Å². The van der Waals surface area contributed by atoms with E-state index < -0.39 is 0 Å². The van der Waals surface area contributed by atoms with Crippen LogP contribution in [0.1, 0.15) is 11.3 Å². The Morgan fingerprint density at radius 2 is 2.07 bits per heavy atom. The van der Waals surface area contributed by atoms with Crippen LogP contribution in [0, 0.1) is 11.3 Å². The van der Waals surface area contributed by atoms with Gasteiger partial charge in [0.1, 0.15) is 0 Å². The van der Waals surface area contributed by atoms with Gasteiger partial charge in [-0.3, -0.25) is 9.67 Å². The van der Waals surface area contributed by atoms with E-state index in [-0.39, 0.29) is 0 Å². The highest BCUT2D eigenvalue weighted by Crippen LogP contribution is 2.02. The van der Waals surface area contributed by atoms with E-state index >= 15 is 0 Å². The molecule has 2 heterocycles. The molecule has 0 unspecified atom stereocenters. The molecule has 2 aromatic heterocycles. The fourth-order valence-electron chi connectivity index (χ4n) is 1.34. The summed E-state index contributed by atoms with van der Waals surface area (Å²) in [5.41, 5.74) is 1.96. The predicted molar refractivity (Wildman–Crippen MR) is 54.9 cm³/mol. The van der Waals surface area contributed by atoms with Gasteiger partial charge in [-0.05, 0) is 23.8 Å². The molecule has 0 aliphatic rings. The lowest BCUT2D eigenvalue weighted by molar-refractivity contribution is 0.676. The summed E-state index contributed by atoms with van der Waals surface area (Å²) >= 11 is 0. The molecule has 0 N–H and O–H groups in total. The molecular formula is C11H10N4. The first-order valence-corrected chi connectivity index (χ1v) is 4.66. The Balaban J connectivity index is 2.09. The molecule has 2 rings (SSSR count). The molecule has 0 aliphatic carbocycles. The van der Waals surface area contributed by atoms with E-state index in [4.69, 9.17) is 5.26 Å². The second-order valence-electron chi connectivity index (χ2n) is 3.20. The van der Waals surface area contributed by atoms with Gasteiger partial charge < -0.3 is 0 Å². The zero-order valence-corrected chi connectivity index (χ0v) is 8.17. The van der Waals surface area contributed by atoms with Gasteiger partial charge in [0.15, 0.2) is 0 Å². The monoisotopic (exact) mass is 198 g/mol. The van der Waals surface area contributed by atoms with E-state index in [9.17, 15) is 0 Å². The van der Waals surface area contributed by atoms with Crippen molar-refractivity contribution < 1.29 is 0 Å². The van der Waals surface area contributed by atoms with Crippen molar-refractivity contribution >= 4 is 0 Å². The number of rotatable bonds is 3. The van der Waals surface area contributed by atoms with Crippen molar-refractivity contribution in [2.75, 3.05) is 0 Å². The molecule has 0 bridgehead atoms. The van der Waals surface area contributed by atoms with Gasteiger partial charge in [-0.1, -0.05) is 0 Å². The van der Waals surface area contributed by atoms with Gasteiger partial charge in [0.25, 0.3) is 0 Å². The van der Waals surface area contributed by atoms with Crippen LogP contribution in [0.4, 0.5) is 0 Å². The van der Waals surface area contributed by atoms with Gasteiger partial charge in [0.2, 0.25) is 0 Å². The first-order chi connectivity index (χ1) is 7.38. The SMILES string of the molecule is N#CCc1ccn(Cc2ccncc2)n1. The Labute approximate surface area is 87.8 Å². The average molecular weight is 198 g/mol. The fraction of sp³-hybridized carbons (Fsp3) is 0.182. The maximum absolute atomic E-state index is 8.51. The van der Waals surface area contributed by atoms with Crippen LogP contribution in [0.5, 0.6) is 0 Å². The summed E-state index contributed by atoms with van der Waals surface area (Å²) in [5, 5.41) is 12.8. The van der Waals surface area contributed by atoms with Gasteiger partial charge in [0, 0.05) is 18.6 Å². The summed E-state index contributed by atoms with van der Waals surface area (Å²) in [6.07, 6.45) is 5.76. The van der Waals surface area contributed by atoms with Crippen LogP contribution >= 0.6 is 0 Å². The Morgan fingerprint density at radius 1 is 1.27 bits per heavy atom. The molecule has 4 heteroatoms. The van der Waals surface area contributed by atoms with Gasteiger partial charge in [-0.2, -0.15) is 10.4 Å². The highest BCUT2D eigenvalue weighted by atomic mass is 15.3. The zero-order chi connectivity index (χ0) is 10.5. The number of pyridine rings is 1. The quantitative estimate of drug-likeness (QED) is 0.748. The van der Waals surface area contributed by atoms with Crippen molar-refractivity contribution in [1.29, 1.82) is 5.26 Å². The summed E-state index contributed by atoms with van der Waals surface area (Å²) in [6, 6.07) is 7.84. The molecule has 0 amide bonds. The van der Waals surface area contributed by atoms with E-state index in [2.05, 4.69) is 16.2 Å². The highest BCUT2D eigenvalue weighted by Gasteiger charge is 1.98. The minimum Gasteiger partial charge on any atom is -0.268 e. The average Bonchev–Trinajstić information content (AvgIpc) is 2.68. The molecule has 0 aromatic carbocycles. The maximum Gasteiger partial charge on any atom is 0.0793 e. The third-order valence-electron chi connectivity index (χ3n) is 2.05. The molecular weight excluding hydrogens is 188 g/mol. The van der Waals surface area contributed by atoms with Crippen LogP contribution < -0.4 is 0 Å². The third-order valence-corrected chi connectivity index (χ3v) is 2.05. The second-order valence-corrected chi connectivity index (χ2v) is 3.20. The van der Waals surface area contributed by atoms with E-state index in [0.29, 0.717) is 13.0 Å². The number of aromatic nitrogens is 3. The van der Waals surface area contributed by atoms with Crippen LogP contribution in [0.15, 0.2) is 36.8 Å². The molecule has 0 saturated heterocycles. The lowest BCUT2D eigenvalue weighted by atomic mass is 10.3. The Kier molecular flexibility index (Phi) is 2.75. The van der Waals surface area contributed by atoms with Crippen molar-refractivity contribution in [3.63, 3.8) is 0 Å². The number of hydrogen-bond acceptors (Lipinski definition) is 3. The largest absolute Gasteiger partial charge is 0.268 e. The lowest BCUT2D eigenvalue weighted by Crippen LogP contribution is -2.00. The van der Waals surface area contributed by atoms with E-state index in [0.717, 1.165) is 11.3 Å². The van der Waals surface area contributed by atoms with E-state index in [1.165, 1.54) is 0 Å². The number of nitriles is 1. The molecule has 4 nitrogen and oxygen atoms in total. The Bertz CT molecular complexity index is 467. The van der Waals surface area contributed by atoms with Gasteiger partial charge in [0.05, 0.1) is 24.7 Å². The molecule has 0 spiro atoms. The summed E-state index contributed by atoms with van der Waals surface area (Å²) in [5.74, 6) is 0. The standard InChI is InChI=1S/C11H10N4/c12-5-1-11-4-8-15(14-11)9-10-2-6-13-7-3-10/h2-4,6-8H,1,9H2. The minimum atomic E-state index is 0.364. The summed E-state index contributed by atoms with van der Waals surface area (Å²) in [6.45, 7) is 0.716. The van der Waals surface area contributed by atoms with Crippen LogP contribution in [-0.2, 0) is 13.0 Å². The Hall–Kier alpha value is -2.15. The van der Waals surface area contributed by atoms with Gasteiger partial charge in [-0.25, -0.2) is 0 Å². The molecule has 0 saturated carbocycles. The third kappa shape index (κ3) is 2.41. The highest BCUT2D eigenvalue weighted by molar-refractivity contribution is 5.11. The number of hydrogen-bond donors (Lipinski definition) is 0. The normalized spacial score (nSPS) is 9.80. The van der Waals surface area contributed by atoms with Crippen molar-refractivity contribution in [2.24, 2.45) is 0 Å². The predicted octanol–water partition coefficient (Wildman–Crippen LogP) is 1.39. The van der Waals surface area contributed by atoms with Crippen LogP contribution in [0.2, 0.25) is 0 Å². The van der Waals surface area contributed by atoms with Crippen molar-refractivity contribution in [3.05, 3.63) is 48.0 Å². The molecule has 2 aromatic rings. The van der Waals surface area contributed by atoms with Crippen LogP contribution in [0.25, 0.3) is 0 Å². The van der Waals surface area contributed by atoms with E-state index in [1.807, 2.05) is 29.1 Å². The molecule has 0 atom stereocenters. The minimum absolute atomic E-state index is 0.364. The van der Waals surface area contributed by atoms with E-state index in [1.54, 1.807) is 12.4 Å². The first-order valence-electron chi connectivity index (χ1n) is 4.66. The molecule has 0 radical (unpaired) electrons. The summed E-state index contributed by atoms with van der Waals surface area (Å²) < 4.78 is 1.82. The molecule has 0 fully saturated rings. The lowest BCUT2D eigenvalue weighted by Gasteiger charge is -2.00. The molecule has 0 aliphatic heterocycles. The van der Waals surface area contributed by atoms with Gasteiger partial charge >= 0.3 is 0 Å². The van der Waals surface area contributed by atoms with Crippen LogP contribution in [0.3, 0.4) is 0 Å². The second kappa shape index (κ2) is 4.38. The fourth-order valence-corrected chi connectivity index (χ4v) is 1.34. The van der Waals surface area contributed by atoms with Crippen LogP contribution in [-0.4, -0.2) is 14.8 Å². The topological polar surface area (TPSA) is 54.5 Å². The Morgan fingerprint density at radius 3 is 2.80 bits per heavy atom. The maximum atomic E-state index is 8.51. The van der Waals surface area contributed by atoms with Crippen molar-refractivity contribution in [3.8, 4) is 6.07 Å². The van der Waals surface area contributed by atoms with Crippen molar-refractivity contribution in [2.45, 2.75) is 13.0 Å². The summed E-state index contributed by atoms with van der Waals surface area (Å²) in [7, 11) is 0. The molecule has 74 valence electrons. The first kappa shape index (κ1) is 9.41. The number of nitrogens with zero attached hydrogens (tertiary/aromatic N) is 4. The van der Waals surface area contributed by atoms with Crippen molar-refractivity contribution in [1.82, 2.24) is 14.8 Å². The smallest absolute Gasteiger partial charge is 0.0793 e. The summed E-state index contributed by atoms with van der Waals surface area (Å²) in [4.78, 5) is 3.95. The zero-order valence-electron chi connectivity index (χ0n) is 8.17. The molecule has 15 heavy (non-hydrogen) atoms.